The fraction of sp³-hybridized carbons (Fsp3) is 0.118. The molecule has 6 nitrogen and oxygen atoms in total. The summed E-state index contributed by atoms with van der Waals surface area (Å²) in [5.74, 6) is 0.699. The van der Waals surface area contributed by atoms with E-state index in [4.69, 9.17) is 0 Å². The molecule has 2 aliphatic heterocycles. The number of benzene rings is 4. The highest BCUT2D eigenvalue weighted by Crippen LogP contribution is 2.47. The molecule has 42 heavy (non-hydrogen) atoms. The number of rotatable bonds is 8. The van der Waals surface area contributed by atoms with Gasteiger partial charge < -0.3 is 10.4 Å². The van der Waals surface area contributed by atoms with Crippen molar-refractivity contribution >= 4 is 58.1 Å². The van der Waals surface area contributed by atoms with Crippen LogP contribution < -0.4 is 21.2 Å². The van der Waals surface area contributed by atoms with Crippen LogP contribution in [0.25, 0.3) is 0 Å². The van der Waals surface area contributed by atoms with Crippen molar-refractivity contribution in [1.82, 2.24) is 10.2 Å². The normalized spacial score (nSPS) is 18.1. The zero-order valence-corrected chi connectivity index (χ0v) is 24.4. The second-order valence-corrected chi connectivity index (χ2v) is 14.5. The van der Waals surface area contributed by atoms with Crippen molar-refractivity contribution in [3.05, 3.63) is 138 Å². The Morgan fingerprint density at radius 3 is 1.76 bits per heavy atom. The summed E-state index contributed by atoms with van der Waals surface area (Å²) in [6.07, 6.45) is 0.154. The topological polar surface area (TPSA) is 86.7 Å². The summed E-state index contributed by atoms with van der Waals surface area (Å²) < 4.78 is 0. The first-order valence-electron chi connectivity index (χ1n) is 13.6. The van der Waals surface area contributed by atoms with Crippen molar-refractivity contribution in [1.29, 1.82) is 0 Å². The van der Waals surface area contributed by atoms with Crippen LogP contribution >= 0.6 is 18.6 Å². The first-order valence-corrected chi connectivity index (χ1v) is 16.6. The number of carbonyl (C=O) groups is 3. The average molecular weight is 593 g/mol. The molecule has 0 aliphatic carbocycles. The number of nitrogens with one attached hydrogen (secondary N) is 1. The summed E-state index contributed by atoms with van der Waals surface area (Å²) in [5, 5.41) is 16.1. The number of hydrogen-bond donors (Lipinski definition) is 2. The maximum atomic E-state index is 13.4. The molecule has 2 atom stereocenters. The molecule has 2 heterocycles. The van der Waals surface area contributed by atoms with Crippen molar-refractivity contribution in [2.45, 2.75) is 17.8 Å². The fourth-order valence-corrected chi connectivity index (χ4v) is 11.0. The van der Waals surface area contributed by atoms with E-state index in [0.717, 1.165) is 21.5 Å². The number of carboxylic acid groups (broad SMARTS) is 1. The van der Waals surface area contributed by atoms with Gasteiger partial charge in [-0.1, -0.05) is 121 Å². The van der Waals surface area contributed by atoms with Crippen molar-refractivity contribution in [2.75, 3.05) is 5.75 Å². The SMILES string of the molecule is O=C(Cc1ccccc1)N[C@@H]1C(=O)N2C(C(=O)O)=C(C=P(c3ccccc3)(c3ccccc3)c3ccccc3)CS[C@H]12. The third-order valence-electron chi connectivity index (χ3n) is 7.56. The lowest BCUT2D eigenvalue weighted by atomic mass is 10.0. The molecule has 2 N–H and O–H groups in total. The zero-order valence-electron chi connectivity index (χ0n) is 22.7. The molecule has 8 heteroatoms. The van der Waals surface area contributed by atoms with Crippen LogP contribution in [0.5, 0.6) is 0 Å². The van der Waals surface area contributed by atoms with Gasteiger partial charge in [0.25, 0.3) is 5.91 Å². The lowest BCUT2D eigenvalue weighted by Crippen LogP contribution is -2.70. The molecule has 0 unspecified atom stereocenters. The molecule has 6 rings (SSSR count). The van der Waals surface area contributed by atoms with Gasteiger partial charge in [0.1, 0.15) is 17.1 Å². The molecule has 0 spiro atoms. The number of β-lactam (4-membered cyclic amide) rings is 1. The van der Waals surface area contributed by atoms with Crippen LogP contribution in [0.15, 0.2) is 133 Å². The largest absolute Gasteiger partial charge is 0.477 e. The van der Waals surface area contributed by atoms with Crippen LogP contribution in [-0.2, 0) is 20.8 Å². The number of fused-ring (bicyclic) bond motifs is 1. The van der Waals surface area contributed by atoms with Crippen molar-refractivity contribution in [3.8, 4) is 0 Å². The van der Waals surface area contributed by atoms with Crippen molar-refractivity contribution in [2.24, 2.45) is 0 Å². The van der Waals surface area contributed by atoms with Gasteiger partial charge in [-0.3, -0.25) is 14.5 Å². The second kappa shape index (κ2) is 11.9. The van der Waals surface area contributed by atoms with E-state index in [-0.39, 0.29) is 18.0 Å². The molecular formula is C34H29N2O4PS. The molecule has 0 bridgehead atoms. The number of nitrogens with zero attached hydrogens (tertiary/aromatic N) is 1. The Kier molecular flexibility index (Phi) is 7.88. The van der Waals surface area contributed by atoms with E-state index in [1.807, 2.05) is 84.9 Å². The molecule has 4 aromatic carbocycles. The predicted molar refractivity (Wildman–Crippen MR) is 171 cm³/mol. The minimum atomic E-state index is -2.48. The maximum absolute atomic E-state index is 13.4. The number of hydrogen-bond acceptors (Lipinski definition) is 4. The Balaban J connectivity index is 1.44. The molecule has 0 radical (unpaired) electrons. The Morgan fingerprint density at radius 1 is 0.810 bits per heavy atom. The first kappa shape index (κ1) is 27.8. The summed E-state index contributed by atoms with van der Waals surface area (Å²) in [6.45, 7) is -2.48. The molecule has 0 aromatic heterocycles. The monoisotopic (exact) mass is 592 g/mol. The summed E-state index contributed by atoms with van der Waals surface area (Å²) in [7, 11) is 0. The lowest BCUT2D eigenvalue weighted by Gasteiger charge is -2.49. The molecule has 2 amide bonds. The summed E-state index contributed by atoms with van der Waals surface area (Å²) in [6, 6.07) is 39.1. The van der Waals surface area contributed by atoms with Crippen LogP contribution in [0.3, 0.4) is 0 Å². The third-order valence-corrected chi connectivity index (χ3v) is 12.9. The summed E-state index contributed by atoms with van der Waals surface area (Å²) in [4.78, 5) is 40.3. The molecule has 4 aromatic rings. The van der Waals surface area contributed by atoms with Gasteiger partial charge in [0.15, 0.2) is 0 Å². The van der Waals surface area contributed by atoms with Crippen LogP contribution in [-0.4, -0.2) is 50.8 Å². The van der Waals surface area contributed by atoms with Crippen LogP contribution in [0.1, 0.15) is 5.56 Å². The highest BCUT2D eigenvalue weighted by atomic mass is 32.2. The number of thioether (sulfide) groups is 1. The van der Waals surface area contributed by atoms with E-state index in [9.17, 15) is 19.5 Å². The van der Waals surface area contributed by atoms with E-state index in [1.54, 1.807) is 0 Å². The summed E-state index contributed by atoms with van der Waals surface area (Å²) >= 11 is 1.48. The van der Waals surface area contributed by atoms with Gasteiger partial charge in [-0.2, -0.15) is 0 Å². The highest BCUT2D eigenvalue weighted by molar-refractivity contribution is 8.00. The van der Waals surface area contributed by atoms with E-state index in [1.165, 1.54) is 16.7 Å². The number of amides is 2. The van der Waals surface area contributed by atoms with E-state index >= 15 is 0 Å². The molecule has 1 saturated heterocycles. The summed E-state index contributed by atoms with van der Waals surface area (Å²) in [5.41, 5.74) is 1.45. The highest BCUT2D eigenvalue weighted by Gasteiger charge is 2.54. The van der Waals surface area contributed by atoms with Crippen LogP contribution in [0.2, 0.25) is 0 Å². The van der Waals surface area contributed by atoms with Gasteiger partial charge in [0.2, 0.25) is 5.91 Å². The van der Waals surface area contributed by atoms with Crippen molar-refractivity contribution in [3.63, 3.8) is 0 Å². The Labute approximate surface area is 249 Å². The lowest BCUT2D eigenvalue weighted by molar-refractivity contribution is -0.150. The average Bonchev–Trinajstić information content (AvgIpc) is 3.03. The van der Waals surface area contributed by atoms with Crippen LogP contribution in [0, 0.1) is 0 Å². The minimum Gasteiger partial charge on any atom is -0.477 e. The van der Waals surface area contributed by atoms with E-state index in [2.05, 4.69) is 47.5 Å². The molecular weight excluding hydrogens is 563 g/mol. The molecule has 210 valence electrons. The standard InChI is InChI=1S/C34H29N2O4PS/c37-29(21-24-13-5-1-6-14-24)35-30-32(38)36-31(34(39)40)25(23-42-33(30)36)22-41(26-15-7-2-8-16-26,27-17-9-3-10-18-27)28-19-11-4-12-20-28/h1-20,22,30,33H,21,23H2,(H,35,37)(H,39,40)/t30-,33-/m1/s1. The number of aliphatic carboxylic acids is 1. The fourth-order valence-electron chi connectivity index (χ4n) is 5.64. The van der Waals surface area contributed by atoms with E-state index < -0.39 is 30.2 Å². The Morgan fingerprint density at radius 2 is 1.29 bits per heavy atom. The number of carboxylic acids is 1. The first-order chi connectivity index (χ1) is 20.5. The quantitative estimate of drug-likeness (QED) is 0.241. The van der Waals surface area contributed by atoms with Gasteiger partial charge in [-0.15, -0.1) is 11.8 Å². The number of carbonyl (C=O) groups excluding carboxylic acids is 2. The molecule has 2 aliphatic rings. The zero-order chi connectivity index (χ0) is 29.1. The van der Waals surface area contributed by atoms with Gasteiger partial charge in [0.05, 0.1) is 6.42 Å². The third kappa shape index (κ3) is 5.11. The second-order valence-electron chi connectivity index (χ2n) is 10.2. The van der Waals surface area contributed by atoms with Gasteiger partial charge >= 0.3 is 5.97 Å². The van der Waals surface area contributed by atoms with Gasteiger partial charge in [0, 0.05) is 5.75 Å². The van der Waals surface area contributed by atoms with Gasteiger partial charge in [-0.05, 0) is 39.7 Å². The van der Waals surface area contributed by atoms with Crippen molar-refractivity contribution < 1.29 is 19.5 Å². The van der Waals surface area contributed by atoms with E-state index in [0.29, 0.717) is 11.3 Å². The Hall–Kier alpha value is -4.32. The smallest absolute Gasteiger partial charge is 0.352 e. The maximum Gasteiger partial charge on any atom is 0.352 e. The van der Waals surface area contributed by atoms with Crippen LogP contribution in [0.4, 0.5) is 0 Å². The molecule has 0 saturated carbocycles. The minimum absolute atomic E-state index is 0.00974. The van der Waals surface area contributed by atoms with Gasteiger partial charge in [-0.25, -0.2) is 4.79 Å². The molecule has 1 fully saturated rings. The predicted octanol–water partition coefficient (Wildman–Crippen LogP) is 3.76. The Bertz CT molecular complexity index is 1610.